The summed E-state index contributed by atoms with van der Waals surface area (Å²) in [6, 6.07) is 23.8. The molecule has 0 aromatic heterocycles. The third-order valence-corrected chi connectivity index (χ3v) is 6.70. The zero-order valence-corrected chi connectivity index (χ0v) is 23.7. The van der Waals surface area contributed by atoms with Crippen LogP contribution < -0.4 is 4.74 Å². The van der Waals surface area contributed by atoms with Gasteiger partial charge in [-0.05, 0) is 79.8 Å². The molecule has 0 amide bonds. The Balaban J connectivity index is 1.62. The van der Waals surface area contributed by atoms with E-state index < -0.39 is 0 Å². The van der Waals surface area contributed by atoms with Gasteiger partial charge in [0.2, 0.25) is 0 Å². The van der Waals surface area contributed by atoms with Gasteiger partial charge in [0, 0.05) is 24.0 Å². The van der Waals surface area contributed by atoms with Crippen molar-refractivity contribution in [3.05, 3.63) is 99.5 Å². The van der Waals surface area contributed by atoms with Crippen LogP contribution in [0.2, 0.25) is 0 Å². The number of methoxy groups -OCH3 is 1. The summed E-state index contributed by atoms with van der Waals surface area (Å²) in [5.41, 5.74) is 3.92. The molecule has 0 spiro atoms. The molecule has 0 bridgehead atoms. The SMILES string of the molecule is CCOC(=O)CCCCN(CCc1ccccc1OCc1ccc(Br)cc1)Cc1ccc(C(=O)OC)cc1. The van der Waals surface area contributed by atoms with E-state index in [1.54, 1.807) is 12.1 Å². The van der Waals surface area contributed by atoms with Gasteiger partial charge < -0.3 is 14.2 Å². The monoisotopic (exact) mass is 581 g/mol. The quantitative estimate of drug-likeness (QED) is 0.149. The van der Waals surface area contributed by atoms with Crippen LogP contribution in [-0.2, 0) is 33.8 Å². The van der Waals surface area contributed by atoms with Crippen molar-refractivity contribution in [2.24, 2.45) is 0 Å². The summed E-state index contributed by atoms with van der Waals surface area (Å²) < 4.78 is 17.1. The predicted octanol–water partition coefficient (Wildman–Crippen LogP) is 6.59. The first kappa shape index (κ1) is 29.4. The lowest BCUT2D eigenvalue weighted by atomic mass is 10.1. The highest BCUT2D eigenvalue weighted by molar-refractivity contribution is 9.10. The second-order valence-electron chi connectivity index (χ2n) is 9.00. The van der Waals surface area contributed by atoms with Crippen molar-refractivity contribution in [2.75, 3.05) is 26.8 Å². The Morgan fingerprint density at radius 2 is 1.58 bits per heavy atom. The molecule has 0 saturated carbocycles. The van der Waals surface area contributed by atoms with E-state index in [0.29, 0.717) is 25.2 Å². The van der Waals surface area contributed by atoms with Gasteiger partial charge in [-0.15, -0.1) is 0 Å². The van der Waals surface area contributed by atoms with Gasteiger partial charge in [-0.2, -0.15) is 0 Å². The summed E-state index contributed by atoms with van der Waals surface area (Å²) in [7, 11) is 1.38. The van der Waals surface area contributed by atoms with Gasteiger partial charge in [0.1, 0.15) is 12.4 Å². The number of ether oxygens (including phenoxy) is 3. The topological polar surface area (TPSA) is 65.1 Å². The summed E-state index contributed by atoms with van der Waals surface area (Å²) in [4.78, 5) is 25.9. The predicted molar refractivity (Wildman–Crippen MR) is 152 cm³/mol. The summed E-state index contributed by atoms with van der Waals surface area (Å²) in [6.07, 6.45) is 2.93. The molecule has 0 fully saturated rings. The molecule has 0 radical (unpaired) electrons. The van der Waals surface area contributed by atoms with Crippen LogP contribution >= 0.6 is 15.9 Å². The number of unbranched alkanes of at least 4 members (excludes halogenated alkanes) is 1. The third kappa shape index (κ3) is 9.95. The number of nitrogens with zero attached hydrogens (tertiary/aromatic N) is 1. The maximum Gasteiger partial charge on any atom is 0.337 e. The summed E-state index contributed by atoms with van der Waals surface area (Å²) in [5, 5.41) is 0. The highest BCUT2D eigenvalue weighted by Crippen LogP contribution is 2.22. The molecule has 0 aliphatic heterocycles. The fourth-order valence-electron chi connectivity index (χ4n) is 4.10. The van der Waals surface area contributed by atoms with Crippen LogP contribution in [0.15, 0.2) is 77.3 Å². The number of para-hydroxylation sites is 1. The number of halogens is 1. The minimum absolute atomic E-state index is 0.144. The molecule has 6 nitrogen and oxygen atoms in total. The van der Waals surface area contributed by atoms with Crippen LogP contribution in [0, 0.1) is 0 Å². The number of hydrogen-bond acceptors (Lipinski definition) is 6. The van der Waals surface area contributed by atoms with Crippen molar-refractivity contribution < 1.29 is 23.8 Å². The number of esters is 2. The van der Waals surface area contributed by atoms with E-state index in [4.69, 9.17) is 14.2 Å². The Morgan fingerprint density at radius 1 is 0.868 bits per heavy atom. The van der Waals surface area contributed by atoms with Crippen LogP contribution in [0.4, 0.5) is 0 Å². The van der Waals surface area contributed by atoms with Crippen molar-refractivity contribution in [3.8, 4) is 5.75 Å². The van der Waals surface area contributed by atoms with Crippen molar-refractivity contribution in [3.63, 3.8) is 0 Å². The molecule has 0 aliphatic rings. The van der Waals surface area contributed by atoms with E-state index in [9.17, 15) is 9.59 Å². The molecule has 202 valence electrons. The van der Waals surface area contributed by atoms with Gasteiger partial charge in [0.25, 0.3) is 0 Å². The van der Waals surface area contributed by atoms with E-state index >= 15 is 0 Å². The Bertz CT molecular complexity index is 1150. The number of hydrogen-bond donors (Lipinski definition) is 0. The standard InChI is InChI=1S/C31H36BrNO5/c1-3-37-30(34)10-6-7-20-33(22-24-11-15-27(16-12-24)31(35)36-2)21-19-26-8-4-5-9-29(26)38-23-25-13-17-28(32)18-14-25/h4-5,8-9,11-18H,3,6-7,10,19-23H2,1-2H3. The minimum Gasteiger partial charge on any atom is -0.489 e. The first-order chi connectivity index (χ1) is 18.5. The first-order valence-corrected chi connectivity index (χ1v) is 13.8. The number of carbonyl (C=O) groups is 2. The molecule has 0 aliphatic carbocycles. The Labute approximate surface area is 234 Å². The summed E-state index contributed by atoms with van der Waals surface area (Å²) >= 11 is 3.47. The molecular formula is C31H36BrNO5. The molecule has 0 unspecified atom stereocenters. The highest BCUT2D eigenvalue weighted by Gasteiger charge is 2.12. The largest absolute Gasteiger partial charge is 0.489 e. The number of benzene rings is 3. The van der Waals surface area contributed by atoms with Gasteiger partial charge in [-0.25, -0.2) is 4.79 Å². The molecule has 0 saturated heterocycles. The van der Waals surface area contributed by atoms with Crippen LogP contribution in [0.1, 0.15) is 53.2 Å². The Morgan fingerprint density at radius 3 is 2.29 bits per heavy atom. The molecule has 3 aromatic rings. The molecular weight excluding hydrogens is 546 g/mol. The van der Waals surface area contributed by atoms with Gasteiger partial charge in [0.05, 0.1) is 19.3 Å². The normalized spacial score (nSPS) is 10.8. The van der Waals surface area contributed by atoms with Gasteiger partial charge in [0.15, 0.2) is 0 Å². The average Bonchev–Trinajstić information content (AvgIpc) is 2.94. The highest BCUT2D eigenvalue weighted by atomic mass is 79.9. The Kier molecular flexibility index (Phi) is 12.3. The van der Waals surface area contributed by atoms with E-state index in [1.807, 2.05) is 49.4 Å². The number of rotatable bonds is 15. The fraction of sp³-hybridized carbons (Fsp3) is 0.355. The maximum absolute atomic E-state index is 11.8. The van der Waals surface area contributed by atoms with Crippen LogP contribution in [0.5, 0.6) is 5.75 Å². The molecule has 3 rings (SSSR count). The summed E-state index contributed by atoms with van der Waals surface area (Å²) in [6.45, 7) is 5.16. The number of carbonyl (C=O) groups excluding carboxylic acids is 2. The fourth-order valence-corrected chi connectivity index (χ4v) is 4.37. The average molecular weight is 583 g/mol. The lowest BCUT2D eigenvalue weighted by molar-refractivity contribution is -0.143. The lowest BCUT2D eigenvalue weighted by Gasteiger charge is -2.23. The second kappa shape index (κ2) is 15.9. The maximum atomic E-state index is 11.8. The smallest absolute Gasteiger partial charge is 0.337 e. The van der Waals surface area contributed by atoms with Crippen molar-refractivity contribution in [2.45, 2.75) is 45.8 Å². The van der Waals surface area contributed by atoms with E-state index in [-0.39, 0.29) is 11.9 Å². The second-order valence-corrected chi connectivity index (χ2v) is 9.92. The van der Waals surface area contributed by atoms with Crippen molar-refractivity contribution in [1.29, 1.82) is 0 Å². The first-order valence-electron chi connectivity index (χ1n) is 13.0. The van der Waals surface area contributed by atoms with Gasteiger partial charge >= 0.3 is 11.9 Å². The molecule has 0 N–H and O–H groups in total. The Hall–Kier alpha value is -3.16. The van der Waals surface area contributed by atoms with E-state index in [1.165, 1.54) is 7.11 Å². The molecule has 3 aromatic carbocycles. The third-order valence-electron chi connectivity index (χ3n) is 6.17. The molecule has 0 atom stereocenters. The molecule has 0 heterocycles. The van der Waals surface area contributed by atoms with E-state index in [0.717, 1.165) is 65.8 Å². The van der Waals surface area contributed by atoms with Crippen LogP contribution in [0.3, 0.4) is 0 Å². The van der Waals surface area contributed by atoms with Crippen LogP contribution in [-0.4, -0.2) is 43.6 Å². The lowest BCUT2D eigenvalue weighted by Crippen LogP contribution is -2.27. The van der Waals surface area contributed by atoms with Crippen LogP contribution in [0.25, 0.3) is 0 Å². The summed E-state index contributed by atoms with van der Waals surface area (Å²) in [5.74, 6) is 0.404. The van der Waals surface area contributed by atoms with Crippen molar-refractivity contribution in [1.82, 2.24) is 4.90 Å². The zero-order chi connectivity index (χ0) is 27.2. The molecule has 38 heavy (non-hydrogen) atoms. The van der Waals surface area contributed by atoms with E-state index in [2.05, 4.69) is 39.0 Å². The van der Waals surface area contributed by atoms with Gasteiger partial charge in [-0.3, -0.25) is 9.69 Å². The minimum atomic E-state index is -0.341. The molecule has 7 heteroatoms. The zero-order valence-electron chi connectivity index (χ0n) is 22.2. The van der Waals surface area contributed by atoms with Gasteiger partial charge in [-0.1, -0.05) is 58.4 Å². The van der Waals surface area contributed by atoms with Crippen molar-refractivity contribution >= 4 is 27.9 Å².